The Morgan fingerprint density at radius 1 is 1.62 bits per heavy atom. The lowest BCUT2D eigenvalue weighted by Gasteiger charge is -1.93. The molecule has 1 heterocycles. The molecule has 1 atom stereocenters. The largest absolute Gasteiger partial charge is 0.334 e. The lowest BCUT2D eigenvalue weighted by Crippen LogP contribution is -2.06. The molecule has 0 aromatic carbocycles. The molecule has 2 N–H and O–H groups in total. The number of rotatable bonds is 2. The highest BCUT2D eigenvalue weighted by atomic mass is 16.5. The Kier molecular flexibility index (Phi) is 2.14. The third kappa shape index (κ3) is 1.62. The summed E-state index contributed by atoms with van der Waals surface area (Å²) < 4.78 is 5.10. The normalized spacial score (nSPS) is 18.8. The van der Waals surface area contributed by atoms with Gasteiger partial charge in [-0.1, -0.05) is 11.2 Å². The van der Waals surface area contributed by atoms with Gasteiger partial charge in [0.25, 0.3) is 5.89 Å². The van der Waals surface area contributed by atoms with Gasteiger partial charge in [-0.25, -0.2) is 0 Å². The molecule has 0 spiro atoms. The van der Waals surface area contributed by atoms with Crippen LogP contribution >= 0.6 is 0 Å². The van der Waals surface area contributed by atoms with Crippen molar-refractivity contribution in [1.29, 1.82) is 0 Å². The average Bonchev–Trinajstić information content (AvgIpc) is 2.75. The van der Waals surface area contributed by atoms with Gasteiger partial charge in [-0.3, -0.25) is 0 Å². The second-order valence-electron chi connectivity index (χ2n) is 3.37. The minimum Gasteiger partial charge on any atom is -0.334 e. The van der Waals surface area contributed by atoms with E-state index in [4.69, 9.17) is 10.3 Å². The van der Waals surface area contributed by atoms with Crippen LogP contribution in [0.15, 0.2) is 10.6 Å². The van der Waals surface area contributed by atoms with E-state index in [0.717, 1.165) is 12.8 Å². The molecule has 0 fully saturated rings. The van der Waals surface area contributed by atoms with Crippen LogP contribution in [0.25, 0.3) is 5.57 Å². The summed E-state index contributed by atoms with van der Waals surface area (Å²) in [5, 5.41) is 3.81. The SMILES string of the molecule is CC(N)c1noc(C2=CCCC2)n1. The molecule has 0 aliphatic heterocycles. The van der Waals surface area contributed by atoms with Gasteiger partial charge in [-0.15, -0.1) is 0 Å². The molecule has 1 unspecified atom stereocenters. The number of hydrogen-bond donors (Lipinski definition) is 1. The summed E-state index contributed by atoms with van der Waals surface area (Å²) in [6.07, 6.45) is 5.50. The van der Waals surface area contributed by atoms with Gasteiger partial charge in [0, 0.05) is 5.57 Å². The van der Waals surface area contributed by atoms with E-state index in [1.165, 1.54) is 12.0 Å². The van der Waals surface area contributed by atoms with Crippen LogP contribution in [-0.2, 0) is 0 Å². The van der Waals surface area contributed by atoms with E-state index in [2.05, 4.69) is 16.2 Å². The Morgan fingerprint density at radius 3 is 3.00 bits per heavy atom. The second kappa shape index (κ2) is 3.30. The first-order chi connectivity index (χ1) is 6.27. The molecular weight excluding hydrogens is 166 g/mol. The molecule has 0 amide bonds. The Balaban J connectivity index is 2.22. The molecule has 2 rings (SSSR count). The lowest BCUT2D eigenvalue weighted by molar-refractivity contribution is 0.396. The zero-order valence-corrected chi connectivity index (χ0v) is 7.66. The quantitative estimate of drug-likeness (QED) is 0.749. The average molecular weight is 179 g/mol. The number of aromatic nitrogens is 2. The van der Waals surface area contributed by atoms with Crippen molar-refractivity contribution in [2.24, 2.45) is 5.73 Å². The monoisotopic (exact) mass is 179 g/mol. The van der Waals surface area contributed by atoms with Crippen molar-refractivity contribution in [2.45, 2.75) is 32.2 Å². The topological polar surface area (TPSA) is 64.9 Å². The highest BCUT2D eigenvalue weighted by Crippen LogP contribution is 2.26. The molecule has 0 radical (unpaired) electrons. The highest BCUT2D eigenvalue weighted by Gasteiger charge is 2.15. The van der Waals surface area contributed by atoms with E-state index in [-0.39, 0.29) is 6.04 Å². The molecule has 0 saturated carbocycles. The summed E-state index contributed by atoms with van der Waals surface area (Å²) in [5.41, 5.74) is 6.79. The molecule has 1 aliphatic rings. The van der Waals surface area contributed by atoms with E-state index in [0.29, 0.717) is 11.7 Å². The molecule has 70 valence electrons. The molecule has 4 nitrogen and oxygen atoms in total. The van der Waals surface area contributed by atoms with Gasteiger partial charge in [0.15, 0.2) is 5.82 Å². The summed E-state index contributed by atoms with van der Waals surface area (Å²) >= 11 is 0. The van der Waals surface area contributed by atoms with Gasteiger partial charge in [0.05, 0.1) is 6.04 Å². The second-order valence-corrected chi connectivity index (χ2v) is 3.37. The van der Waals surface area contributed by atoms with Crippen molar-refractivity contribution in [3.63, 3.8) is 0 Å². The number of nitrogens with two attached hydrogens (primary N) is 1. The van der Waals surface area contributed by atoms with Crippen molar-refractivity contribution in [3.8, 4) is 0 Å². The van der Waals surface area contributed by atoms with Gasteiger partial charge in [-0.05, 0) is 26.2 Å². The highest BCUT2D eigenvalue weighted by molar-refractivity contribution is 5.60. The molecule has 1 aliphatic carbocycles. The van der Waals surface area contributed by atoms with Crippen LogP contribution in [0, 0.1) is 0 Å². The van der Waals surface area contributed by atoms with Gasteiger partial charge in [0.2, 0.25) is 0 Å². The summed E-state index contributed by atoms with van der Waals surface area (Å²) in [5.74, 6) is 1.23. The van der Waals surface area contributed by atoms with Crippen LogP contribution in [0.3, 0.4) is 0 Å². The zero-order chi connectivity index (χ0) is 9.26. The fourth-order valence-electron chi connectivity index (χ4n) is 1.42. The Labute approximate surface area is 76.8 Å². The number of allylic oxidation sites excluding steroid dienone is 2. The van der Waals surface area contributed by atoms with E-state index in [9.17, 15) is 0 Å². The Morgan fingerprint density at radius 2 is 2.46 bits per heavy atom. The standard InChI is InChI=1S/C9H13N3O/c1-6(10)8-11-9(13-12-8)7-4-2-3-5-7/h4,6H,2-3,5,10H2,1H3. The first-order valence-corrected chi connectivity index (χ1v) is 4.56. The third-order valence-corrected chi connectivity index (χ3v) is 2.16. The Bertz CT molecular complexity index is 327. The predicted molar refractivity (Wildman–Crippen MR) is 48.7 cm³/mol. The number of nitrogens with zero attached hydrogens (tertiary/aromatic N) is 2. The predicted octanol–water partition coefficient (Wildman–Crippen LogP) is 1.66. The lowest BCUT2D eigenvalue weighted by atomic mass is 10.2. The maximum atomic E-state index is 5.62. The van der Waals surface area contributed by atoms with Gasteiger partial charge < -0.3 is 10.3 Å². The summed E-state index contributed by atoms with van der Waals surface area (Å²) in [6, 6.07) is -0.153. The van der Waals surface area contributed by atoms with Crippen LogP contribution < -0.4 is 5.73 Å². The molecule has 0 saturated heterocycles. The van der Waals surface area contributed by atoms with E-state index in [1.54, 1.807) is 0 Å². The van der Waals surface area contributed by atoms with Crippen LogP contribution in [-0.4, -0.2) is 10.1 Å². The minimum absolute atomic E-state index is 0.153. The van der Waals surface area contributed by atoms with E-state index in [1.807, 2.05) is 6.92 Å². The minimum atomic E-state index is -0.153. The molecule has 1 aromatic rings. The van der Waals surface area contributed by atoms with Crippen molar-refractivity contribution < 1.29 is 4.52 Å². The summed E-state index contributed by atoms with van der Waals surface area (Å²) in [7, 11) is 0. The van der Waals surface area contributed by atoms with Crippen molar-refractivity contribution in [2.75, 3.05) is 0 Å². The molecule has 13 heavy (non-hydrogen) atoms. The van der Waals surface area contributed by atoms with Crippen LogP contribution in [0.2, 0.25) is 0 Å². The molecule has 4 heteroatoms. The fourth-order valence-corrected chi connectivity index (χ4v) is 1.42. The molecule has 1 aromatic heterocycles. The Hall–Kier alpha value is -1.16. The van der Waals surface area contributed by atoms with Crippen LogP contribution in [0.4, 0.5) is 0 Å². The first kappa shape index (κ1) is 8.44. The fraction of sp³-hybridized carbons (Fsp3) is 0.556. The van der Waals surface area contributed by atoms with Crippen LogP contribution in [0.1, 0.15) is 43.9 Å². The maximum Gasteiger partial charge on any atom is 0.253 e. The van der Waals surface area contributed by atoms with Gasteiger partial charge in [-0.2, -0.15) is 4.98 Å². The number of hydrogen-bond acceptors (Lipinski definition) is 4. The van der Waals surface area contributed by atoms with Gasteiger partial charge in [0.1, 0.15) is 0 Å². The molecular formula is C9H13N3O. The van der Waals surface area contributed by atoms with Crippen molar-refractivity contribution in [1.82, 2.24) is 10.1 Å². The summed E-state index contributed by atoms with van der Waals surface area (Å²) in [4.78, 5) is 4.22. The first-order valence-electron chi connectivity index (χ1n) is 4.56. The zero-order valence-electron chi connectivity index (χ0n) is 7.66. The smallest absolute Gasteiger partial charge is 0.253 e. The summed E-state index contributed by atoms with van der Waals surface area (Å²) in [6.45, 7) is 1.84. The van der Waals surface area contributed by atoms with E-state index < -0.39 is 0 Å². The van der Waals surface area contributed by atoms with Crippen molar-refractivity contribution in [3.05, 3.63) is 17.8 Å². The maximum absolute atomic E-state index is 5.62. The van der Waals surface area contributed by atoms with E-state index >= 15 is 0 Å². The van der Waals surface area contributed by atoms with Gasteiger partial charge >= 0.3 is 0 Å². The third-order valence-electron chi connectivity index (χ3n) is 2.16. The van der Waals surface area contributed by atoms with Crippen LogP contribution in [0.5, 0.6) is 0 Å². The molecule has 0 bridgehead atoms. The van der Waals surface area contributed by atoms with Crippen molar-refractivity contribution >= 4 is 5.57 Å².